The summed E-state index contributed by atoms with van der Waals surface area (Å²) < 4.78 is 22.2. The molecule has 15 heavy (non-hydrogen) atoms. The van der Waals surface area contributed by atoms with E-state index >= 15 is 0 Å². The van der Waals surface area contributed by atoms with E-state index in [-0.39, 0.29) is 12.4 Å². The fraction of sp³-hybridized carbons (Fsp3) is 0.111. The van der Waals surface area contributed by atoms with Gasteiger partial charge < -0.3 is 4.74 Å². The van der Waals surface area contributed by atoms with Crippen molar-refractivity contribution >= 4 is 23.1 Å². The minimum absolute atomic E-state index is 0.193. The summed E-state index contributed by atoms with van der Waals surface area (Å²) in [6.07, 6.45) is 0. The Bertz CT molecular complexity index is 463. The van der Waals surface area contributed by atoms with Crippen LogP contribution in [0, 0.1) is 5.82 Å². The average molecular weight is 245 g/mol. The van der Waals surface area contributed by atoms with E-state index in [1.807, 2.05) is 0 Å². The van der Waals surface area contributed by atoms with Gasteiger partial charge in [-0.2, -0.15) is 0 Å². The summed E-state index contributed by atoms with van der Waals surface area (Å²) in [5, 5.41) is 3.77. The molecule has 0 radical (unpaired) electrons. The van der Waals surface area contributed by atoms with Gasteiger partial charge in [0.15, 0.2) is 0 Å². The quantitative estimate of drug-likeness (QED) is 0.833. The minimum Gasteiger partial charge on any atom is -0.487 e. The Hall–Kier alpha value is -1.20. The Morgan fingerprint density at radius 2 is 2.33 bits per heavy atom. The molecule has 0 spiro atoms. The summed E-state index contributed by atoms with van der Waals surface area (Å²) in [5.74, 6) is 0.106. The van der Waals surface area contributed by atoms with Crippen LogP contribution in [0.15, 0.2) is 24.3 Å². The van der Waals surface area contributed by atoms with Crippen molar-refractivity contribution in [2.75, 3.05) is 0 Å². The number of aromatic nitrogens is 2. The lowest BCUT2D eigenvalue weighted by atomic mass is 10.3. The second kappa shape index (κ2) is 4.55. The van der Waals surface area contributed by atoms with E-state index in [0.29, 0.717) is 15.8 Å². The van der Waals surface area contributed by atoms with Crippen LogP contribution in [0.3, 0.4) is 0 Å². The summed E-state index contributed by atoms with van der Waals surface area (Å²) in [5.41, 5.74) is 0.561. The number of hydrogen-bond donors (Lipinski definition) is 0. The van der Waals surface area contributed by atoms with Crippen LogP contribution in [0.4, 0.5) is 4.39 Å². The molecule has 0 aliphatic carbocycles. The van der Waals surface area contributed by atoms with E-state index in [1.54, 1.807) is 12.1 Å². The maximum atomic E-state index is 12.8. The number of ether oxygens (including phenoxy) is 1. The highest BCUT2D eigenvalue weighted by Crippen LogP contribution is 2.19. The SMILES string of the molecule is Fc1cccc(OCc2nnsc2Cl)c1. The second-order valence-electron chi connectivity index (χ2n) is 2.74. The number of halogens is 2. The molecule has 0 saturated heterocycles. The van der Waals surface area contributed by atoms with Crippen molar-refractivity contribution in [3.8, 4) is 5.75 Å². The lowest BCUT2D eigenvalue weighted by Gasteiger charge is -2.03. The van der Waals surface area contributed by atoms with Gasteiger partial charge >= 0.3 is 0 Å². The molecule has 78 valence electrons. The molecule has 0 bridgehead atoms. The molecule has 2 rings (SSSR count). The fourth-order valence-electron chi connectivity index (χ4n) is 0.992. The van der Waals surface area contributed by atoms with Crippen molar-refractivity contribution < 1.29 is 9.13 Å². The molecule has 1 aromatic carbocycles. The van der Waals surface area contributed by atoms with Gasteiger partial charge in [-0.05, 0) is 12.1 Å². The van der Waals surface area contributed by atoms with Crippen LogP contribution >= 0.6 is 23.1 Å². The molecule has 1 aromatic heterocycles. The molecule has 0 amide bonds. The predicted octanol–water partition coefficient (Wildman–Crippen LogP) is 2.91. The number of nitrogens with zero attached hydrogens (tertiary/aromatic N) is 2. The van der Waals surface area contributed by atoms with Crippen LogP contribution in [0.5, 0.6) is 5.75 Å². The molecule has 6 heteroatoms. The van der Waals surface area contributed by atoms with Gasteiger partial charge in [-0.1, -0.05) is 22.2 Å². The van der Waals surface area contributed by atoms with Gasteiger partial charge in [0.1, 0.15) is 28.2 Å². The molecule has 0 atom stereocenters. The summed E-state index contributed by atoms with van der Waals surface area (Å²) in [6.45, 7) is 0.193. The van der Waals surface area contributed by atoms with Crippen LogP contribution in [0.1, 0.15) is 5.69 Å². The second-order valence-corrected chi connectivity index (χ2v) is 4.10. The van der Waals surface area contributed by atoms with Crippen LogP contribution in [0.25, 0.3) is 0 Å². The van der Waals surface area contributed by atoms with E-state index in [1.165, 1.54) is 12.1 Å². The van der Waals surface area contributed by atoms with Crippen LogP contribution in [-0.2, 0) is 6.61 Å². The van der Waals surface area contributed by atoms with Crippen molar-refractivity contribution in [3.63, 3.8) is 0 Å². The number of hydrogen-bond acceptors (Lipinski definition) is 4. The van der Waals surface area contributed by atoms with E-state index in [0.717, 1.165) is 11.5 Å². The third-order valence-electron chi connectivity index (χ3n) is 1.68. The lowest BCUT2D eigenvalue weighted by molar-refractivity contribution is 0.299. The van der Waals surface area contributed by atoms with Crippen molar-refractivity contribution in [2.45, 2.75) is 6.61 Å². The third-order valence-corrected chi connectivity index (χ3v) is 2.67. The minimum atomic E-state index is -0.338. The average Bonchev–Trinajstić information content (AvgIpc) is 2.61. The maximum Gasteiger partial charge on any atom is 0.141 e. The first-order valence-electron chi connectivity index (χ1n) is 4.11. The first kappa shape index (κ1) is 10.3. The molecule has 0 N–H and O–H groups in total. The topological polar surface area (TPSA) is 35.0 Å². The molecule has 0 aliphatic rings. The van der Waals surface area contributed by atoms with Gasteiger partial charge in [0.25, 0.3) is 0 Å². The maximum absolute atomic E-state index is 12.8. The van der Waals surface area contributed by atoms with Gasteiger partial charge in [-0.15, -0.1) is 5.10 Å². The number of benzene rings is 1. The summed E-state index contributed by atoms with van der Waals surface area (Å²) in [4.78, 5) is 0. The Kier molecular flexibility index (Phi) is 3.13. The molecular formula is C9H6ClFN2OS. The highest BCUT2D eigenvalue weighted by atomic mass is 35.5. The van der Waals surface area contributed by atoms with E-state index in [9.17, 15) is 4.39 Å². The number of rotatable bonds is 3. The Labute approximate surface area is 94.6 Å². The van der Waals surface area contributed by atoms with Gasteiger partial charge in [-0.3, -0.25) is 0 Å². The zero-order chi connectivity index (χ0) is 10.7. The summed E-state index contributed by atoms with van der Waals surface area (Å²) in [6, 6.07) is 5.89. The molecule has 0 saturated carbocycles. The fourth-order valence-corrected chi connectivity index (χ4v) is 1.59. The van der Waals surface area contributed by atoms with Gasteiger partial charge in [0.2, 0.25) is 0 Å². The Morgan fingerprint density at radius 1 is 1.47 bits per heavy atom. The molecule has 0 fully saturated rings. The first-order chi connectivity index (χ1) is 7.25. The predicted molar refractivity (Wildman–Crippen MR) is 55.7 cm³/mol. The molecule has 0 unspecified atom stereocenters. The van der Waals surface area contributed by atoms with Crippen LogP contribution in [0.2, 0.25) is 4.34 Å². The first-order valence-corrected chi connectivity index (χ1v) is 5.26. The van der Waals surface area contributed by atoms with Crippen LogP contribution in [-0.4, -0.2) is 9.59 Å². The van der Waals surface area contributed by atoms with Gasteiger partial charge in [-0.25, -0.2) is 4.39 Å². The highest BCUT2D eigenvalue weighted by molar-refractivity contribution is 7.10. The van der Waals surface area contributed by atoms with Crippen molar-refractivity contribution in [3.05, 3.63) is 40.1 Å². The molecule has 0 aliphatic heterocycles. The third kappa shape index (κ3) is 2.64. The molecule has 3 nitrogen and oxygen atoms in total. The van der Waals surface area contributed by atoms with Crippen molar-refractivity contribution in [2.24, 2.45) is 0 Å². The van der Waals surface area contributed by atoms with Gasteiger partial charge in [0, 0.05) is 17.6 Å². The summed E-state index contributed by atoms with van der Waals surface area (Å²) >= 11 is 6.87. The molecular weight excluding hydrogens is 239 g/mol. The van der Waals surface area contributed by atoms with Crippen LogP contribution < -0.4 is 4.74 Å². The Morgan fingerprint density at radius 3 is 3.00 bits per heavy atom. The zero-order valence-electron chi connectivity index (χ0n) is 7.48. The normalized spacial score (nSPS) is 10.3. The Balaban J connectivity index is 2.02. The van der Waals surface area contributed by atoms with E-state index < -0.39 is 0 Å². The lowest BCUT2D eigenvalue weighted by Crippen LogP contribution is -1.96. The molecule has 2 aromatic rings. The zero-order valence-corrected chi connectivity index (χ0v) is 9.06. The van der Waals surface area contributed by atoms with Crippen molar-refractivity contribution in [1.82, 2.24) is 9.59 Å². The largest absolute Gasteiger partial charge is 0.487 e. The summed E-state index contributed by atoms with van der Waals surface area (Å²) in [7, 11) is 0. The van der Waals surface area contributed by atoms with E-state index in [4.69, 9.17) is 16.3 Å². The van der Waals surface area contributed by atoms with E-state index in [2.05, 4.69) is 9.59 Å². The monoisotopic (exact) mass is 244 g/mol. The van der Waals surface area contributed by atoms with Gasteiger partial charge in [0.05, 0.1) is 0 Å². The van der Waals surface area contributed by atoms with Crippen molar-refractivity contribution in [1.29, 1.82) is 0 Å². The highest BCUT2D eigenvalue weighted by Gasteiger charge is 2.05. The standard InChI is InChI=1S/C9H6ClFN2OS/c10-9-8(12-13-15-9)5-14-7-3-1-2-6(11)4-7/h1-4H,5H2. The molecule has 1 heterocycles. The smallest absolute Gasteiger partial charge is 0.141 e.